The molecule has 1 heterocycles. The number of ether oxygens (including phenoxy) is 1. The Bertz CT molecular complexity index is 1190. The van der Waals surface area contributed by atoms with E-state index >= 15 is 0 Å². The molecule has 1 amide bonds. The number of carboxylic acid groups (broad SMARTS) is 1. The summed E-state index contributed by atoms with van der Waals surface area (Å²) in [7, 11) is 0. The topological polar surface area (TPSA) is 66.8 Å². The van der Waals surface area contributed by atoms with Crippen molar-refractivity contribution in [2.45, 2.75) is 56.2 Å². The molecule has 6 heteroatoms. The number of rotatable bonds is 7. The lowest BCUT2D eigenvalue weighted by Crippen LogP contribution is -2.45. The second-order valence-electron chi connectivity index (χ2n) is 9.87. The molecule has 0 bridgehead atoms. The number of carbonyl (C=O) groups excluding carboxylic acids is 1. The molecular formula is C29H31NO4S. The Balaban J connectivity index is 1.59. The quantitative estimate of drug-likeness (QED) is 0.414. The number of thioether (sulfide) groups is 1. The summed E-state index contributed by atoms with van der Waals surface area (Å²) in [4.78, 5) is 27.0. The zero-order valence-electron chi connectivity index (χ0n) is 20.5. The van der Waals surface area contributed by atoms with Crippen LogP contribution in [-0.4, -0.2) is 33.2 Å². The van der Waals surface area contributed by atoms with Gasteiger partial charge in [-0.05, 0) is 53.3 Å². The van der Waals surface area contributed by atoms with Crippen molar-refractivity contribution in [3.8, 4) is 11.5 Å². The Morgan fingerprint density at radius 2 is 1.69 bits per heavy atom. The number of carbonyl (C=O) groups is 2. The zero-order chi connectivity index (χ0) is 25.2. The standard InChI is InChI=1S/C29H31NO4S/c1-19-26(31)30(25(28(32)33)17-20-9-6-5-7-10-20)27(35-19)21-11-8-12-24(18-21)34-23-15-13-22(14-16-23)29(2,3)4/h5-16,18-19,25,27H,17H2,1-4H3,(H,32,33)/t19?,25-,27?/m0/s1. The summed E-state index contributed by atoms with van der Waals surface area (Å²) in [6, 6.07) is 24.1. The first-order valence-corrected chi connectivity index (χ1v) is 12.7. The van der Waals surface area contributed by atoms with Crippen LogP contribution in [0.5, 0.6) is 11.5 Å². The van der Waals surface area contributed by atoms with Gasteiger partial charge < -0.3 is 14.7 Å². The van der Waals surface area contributed by atoms with Crippen molar-refractivity contribution in [2.75, 3.05) is 0 Å². The fraction of sp³-hybridized carbons (Fsp3) is 0.310. The molecule has 3 aromatic carbocycles. The van der Waals surface area contributed by atoms with Gasteiger partial charge in [0.2, 0.25) is 5.91 Å². The van der Waals surface area contributed by atoms with E-state index in [1.807, 2.05) is 73.7 Å². The number of carboxylic acids is 1. The maximum absolute atomic E-state index is 13.1. The van der Waals surface area contributed by atoms with E-state index in [-0.39, 0.29) is 23.0 Å². The van der Waals surface area contributed by atoms with Crippen LogP contribution < -0.4 is 4.74 Å². The van der Waals surface area contributed by atoms with Crippen molar-refractivity contribution in [1.29, 1.82) is 0 Å². The van der Waals surface area contributed by atoms with Crippen molar-refractivity contribution < 1.29 is 19.4 Å². The average Bonchev–Trinajstić information content (AvgIpc) is 3.12. The van der Waals surface area contributed by atoms with Gasteiger partial charge in [-0.3, -0.25) is 4.79 Å². The third kappa shape index (κ3) is 5.70. The Labute approximate surface area is 211 Å². The molecule has 3 atom stereocenters. The molecule has 0 aromatic heterocycles. The first-order chi connectivity index (χ1) is 16.6. The van der Waals surface area contributed by atoms with Crippen LogP contribution in [0.2, 0.25) is 0 Å². The number of hydrogen-bond acceptors (Lipinski definition) is 4. The van der Waals surface area contributed by atoms with Crippen LogP contribution in [0.15, 0.2) is 78.9 Å². The number of hydrogen-bond donors (Lipinski definition) is 1. The fourth-order valence-corrected chi connectivity index (χ4v) is 5.54. The maximum Gasteiger partial charge on any atom is 0.326 e. The average molecular weight is 490 g/mol. The molecule has 1 saturated heterocycles. The summed E-state index contributed by atoms with van der Waals surface area (Å²) in [6.45, 7) is 8.34. The molecule has 0 saturated carbocycles. The van der Waals surface area contributed by atoms with Crippen LogP contribution in [0.1, 0.15) is 49.8 Å². The third-order valence-corrected chi connectivity index (χ3v) is 7.55. The highest BCUT2D eigenvalue weighted by molar-refractivity contribution is 8.01. The van der Waals surface area contributed by atoms with Crippen molar-refractivity contribution in [1.82, 2.24) is 4.90 Å². The number of amides is 1. The molecule has 1 fully saturated rings. The predicted molar refractivity (Wildman–Crippen MR) is 140 cm³/mol. The molecule has 35 heavy (non-hydrogen) atoms. The van der Waals surface area contributed by atoms with E-state index in [1.165, 1.54) is 22.2 Å². The van der Waals surface area contributed by atoms with Gasteiger partial charge in [-0.25, -0.2) is 4.79 Å². The van der Waals surface area contributed by atoms with Gasteiger partial charge in [-0.1, -0.05) is 75.4 Å². The first kappa shape index (κ1) is 24.9. The first-order valence-electron chi connectivity index (χ1n) is 11.8. The molecule has 1 aliphatic heterocycles. The summed E-state index contributed by atoms with van der Waals surface area (Å²) in [6.07, 6.45) is 0.252. The Morgan fingerprint density at radius 1 is 1.00 bits per heavy atom. The largest absolute Gasteiger partial charge is 0.480 e. The number of nitrogens with zero attached hydrogens (tertiary/aromatic N) is 1. The minimum absolute atomic E-state index is 0.0608. The lowest BCUT2D eigenvalue weighted by molar-refractivity contribution is -0.149. The highest BCUT2D eigenvalue weighted by Crippen LogP contribution is 2.45. The summed E-state index contributed by atoms with van der Waals surface area (Å²) >= 11 is 1.47. The lowest BCUT2D eigenvalue weighted by Gasteiger charge is -2.30. The predicted octanol–water partition coefficient (Wildman–Crippen LogP) is 6.43. The zero-order valence-corrected chi connectivity index (χ0v) is 21.3. The van der Waals surface area contributed by atoms with Crippen molar-refractivity contribution in [3.05, 3.63) is 95.6 Å². The minimum atomic E-state index is -1.01. The molecule has 5 nitrogen and oxygen atoms in total. The lowest BCUT2D eigenvalue weighted by atomic mass is 9.87. The Kier molecular flexibility index (Phi) is 7.22. The van der Waals surface area contributed by atoms with E-state index < -0.39 is 17.4 Å². The minimum Gasteiger partial charge on any atom is -0.480 e. The summed E-state index contributed by atoms with van der Waals surface area (Å²) in [5.41, 5.74) is 3.01. The molecule has 0 radical (unpaired) electrons. The van der Waals surface area contributed by atoms with Gasteiger partial charge in [0.25, 0.3) is 0 Å². The SMILES string of the molecule is CC1SC(c2cccc(Oc3ccc(C(C)(C)C)cc3)c2)N([C@@H](Cc2ccccc2)C(=O)O)C1=O. The second kappa shape index (κ2) is 10.2. The van der Waals surface area contributed by atoms with Gasteiger partial charge in [0, 0.05) is 6.42 Å². The molecule has 3 aromatic rings. The summed E-state index contributed by atoms with van der Waals surface area (Å²) < 4.78 is 6.11. The van der Waals surface area contributed by atoms with E-state index in [1.54, 1.807) is 0 Å². The van der Waals surface area contributed by atoms with Crippen LogP contribution in [-0.2, 0) is 21.4 Å². The van der Waals surface area contributed by atoms with Crippen molar-refractivity contribution in [2.24, 2.45) is 0 Å². The Hall–Kier alpha value is -3.25. The van der Waals surface area contributed by atoms with Gasteiger partial charge in [0.05, 0.1) is 5.25 Å². The third-order valence-electron chi connectivity index (χ3n) is 6.18. The number of aliphatic carboxylic acids is 1. The van der Waals surface area contributed by atoms with Crippen LogP contribution in [0.3, 0.4) is 0 Å². The molecule has 2 unspecified atom stereocenters. The van der Waals surface area contributed by atoms with E-state index in [9.17, 15) is 14.7 Å². The van der Waals surface area contributed by atoms with Gasteiger partial charge in [-0.2, -0.15) is 0 Å². The highest BCUT2D eigenvalue weighted by Gasteiger charge is 2.45. The molecular weight excluding hydrogens is 458 g/mol. The van der Waals surface area contributed by atoms with Gasteiger partial charge in [0.1, 0.15) is 22.9 Å². The number of benzene rings is 3. The van der Waals surface area contributed by atoms with Gasteiger partial charge >= 0.3 is 5.97 Å². The monoisotopic (exact) mass is 489 g/mol. The molecule has 1 N–H and O–H groups in total. The molecule has 0 aliphatic carbocycles. The van der Waals surface area contributed by atoms with E-state index in [2.05, 4.69) is 32.9 Å². The summed E-state index contributed by atoms with van der Waals surface area (Å²) in [5, 5.41) is 9.33. The molecule has 182 valence electrons. The fourth-order valence-electron chi connectivity index (χ4n) is 4.23. The van der Waals surface area contributed by atoms with Crippen LogP contribution in [0.25, 0.3) is 0 Å². The van der Waals surface area contributed by atoms with Gasteiger partial charge in [0.15, 0.2) is 0 Å². The normalized spacial score (nSPS) is 19.0. The van der Waals surface area contributed by atoms with Crippen LogP contribution >= 0.6 is 11.8 Å². The highest BCUT2D eigenvalue weighted by atomic mass is 32.2. The van der Waals surface area contributed by atoms with E-state index in [0.717, 1.165) is 16.9 Å². The van der Waals surface area contributed by atoms with E-state index in [4.69, 9.17) is 4.74 Å². The molecule has 0 spiro atoms. The molecule has 1 aliphatic rings. The second-order valence-corrected chi connectivity index (χ2v) is 11.3. The smallest absolute Gasteiger partial charge is 0.326 e. The van der Waals surface area contributed by atoms with Crippen LogP contribution in [0.4, 0.5) is 0 Å². The van der Waals surface area contributed by atoms with Crippen molar-refractivity contribution in [3.63, 3.8) is 0 Å². The van der Waals surface area contributed by atoms with Gasteiger partial charge in [-0.15, -0.1) is 11.8 Å². The van der Waals surface area contributed by atoms with Crippen LogP contribution in [0, 0.1) is 0 Å². The maximum atomic E-state index is 13.1. The summed E-state index contributed by atoms with van der Waals surface area (Å²) in [5.74, 6) is 0.206. The van der Waals surface area contributed by atoms with Crippen molar-refractivity contribution >= 4 is 23.6 Å². The van der Waals surface area contributed by atoms with E-state index in [0.29, 0.717) is 5.75 Å². The Morgan fingerprint density at radius 3 is 2.31 bits per heavy atom. The molecule has 4 rings (SSSR count).